The Labute approximate surface area is 149 Å². The quantitative estimate of drug-likeness (QED) is 0.639. The van der Waals surface area contributed by atoms with Gasteiger partial charge in [-0.1, -0.05) is 12.1 Å². The molecule has 0 unspecified atom stereocenters. The molecule has 3 heterocycles. The van der Waals surface area contributed by atoms with Gasteiger partial charge in [-0.15, -0.1) is 0 Å². The van der Waals surface area contributed by atoms with Crippen molar-refractivity contribution < 1.29 is 14.3 Å². The van der Waals surface area contributed by atoms with Gasteiger partial charge < -0.3 is 20.5 Å². The molecule has 0 radical (unpaired) electrons. The molecule has 0 spiro atoms. The van der Waals surface area contributed by atoms with E-state index in [1.165, 1.54) is 12.4 Å². The van der Waals surface area contributed by atoms with Crippen LogP contribution >= 0.6 is 0 Å². The molecule has 1 aliphatic heterocycles. The van der Waals surface area contributed by atoms with Crippen molar-refractivity contribution in [2.75, 3.05) is 24.3 Å². The second-order valence-electron chi connectivity index (χ2n) is 5.54. The molecule has 0 atom stereocenters. The molecule has 0 saturated carbocycles. The molecule has 3 N–H and O–H groups in total. The highest BCUT2D eigenvalue weighted by atomic mass is 16.5. The molecule has 26 heavy (non-hydrogen) atoms. The zero-order valence-corrected chi connectivity index (χ0v) is 13.7. The fourth-order valence-electron chi connectivity index (χ4n) is 2.54. The summed E-state index contributed by atoms with van der Waals surface area (Å²) in [5, 5.41) is 2.72. The van der Waals surface area contributed by atoms with Gasteiger partial charge in [-0.2, -0.15) is 0 Å². The number of carbonyl (C=O) groups is 1. The number of pyridine rings is 1. The van der Waals surface area contributed by atoms with Crippen molar-refractivity contribution in [1.29, 1.82) is 0 Å². The highest BCUT2D eigenvalue weighted by Crippen LogP contribution is 2.26. The molecule has 8 nitrogen and oxygen atoms in total. The number of ether oxygens (including phenoxy) is 2. The number of aromatic nitrogens is 3. The Bertz CT molecular complexity index is 977. The molecular formula is C18H15N5O3. The number of rotatable bonds is 0. The van der Waals surface area contributed by atoms with E-state index in [1.807, 2.05) is 24.3 Å². The van der Waals surface area contributed by atoms with Crippen LogP contribution in [0.3, 0.4) is 0 Å². The molecule has 2 aromatic heterocycles. The molecule has 1 aromatic carbocycles. The third-order valence-corrected chi connectivity index (χ3v) is 3.78. The smallest absolute Gasteiger partial charge is 0.278 e. The van der Waals surface area contributed by atoms with Gasteiger partial charge in [0, 0.05) is 17.8 Å². The summed E-state index contributed by atoms with van der Waals surface area (Å²) in [4.78, 5) is 25.1. The van der Waals surface area contributed by atoms with Gasteiger partial charge in [0.25, 0.3) is 5.91 Å². The lowest BCUT2D eigenvalue weighted by atomic mass is 10.1. The molecule has 4 bridgehead atoms. The number of hydrogen-bond donors (Lipinski definition) is 2. The number of nitrogens with zero attached hydrogens (tertiary/aromatic N) is 3. The first-order chi connectivity index (χ1) is 12.7. The highest BCUT2D eigenvalue weighted by molar-refractivity contribution is 6.06. The molecule has 1 aliphatic rings. The molecule has 0 saturated heterocycles. The first-order valence-electron chi connectivity index (χ1n) is 7.94. The van der Waals surface area contributed by atoms with Crippen LogP contribution in [0.15, 0.2) is 48.9 Å². The maximum Gasteiger partial charge on any atom is 0.278 e. The minimum absolute atomic E-state index is 0.0284. The summed E-state index contributed by atoms with van der Waals surface area (Å²) in [6.45, 7) is 0.655. The number of hydrogen-bond acceptors (Lipinski definition) is 7. The molecule has 0 aliphatic carbocycles. The minimum Gasteiger partial charge on any atom is -0.490 e. The first-order valence-corrected chi connectivity index (χ1v) is 7.94. The number of nitrogens with two attached hydrogens (primary N) is 1. The van der Waals surface area contributed by atoms with Crippen LogP contribution in [0, 0.1) is 0 Å². The van der Waals surface area contributed by atoms with Crippen LogP contribution in [-0.2, 0) is 0 Å². The maximum absolute atomic E-state index is 12.7. The Morgan fingerprint density at radius 1 is 1.12 bits per heavy atom. The Hall–Kier alpha value is -3.68. The maximum atomic E-state index is 12.7. The predicted octanol–water partition coefficient (Wildman–Crippen LogP) is 2.14. The molecule has 0 fully saturated rings. The number of benzene rings is 1. The van der Waals surface area contributed by atoms with Crippen molar-refractivity contribution in [1.82, 2.24) is 15.0 Å². The lowest BCUT2D eigenvalue weighted by Gasteiger charge is -2.14. The lowest BCUT2D eigenvalue weighted by Crippen LogP contribution is -2.19. The topological polar surface area (TPSA) is 112 Å². The Morgan fingerprint density at radius 3 is 2.92 bits per heavy atom. The molecule has 8 heteroatoms. The number of nitrogen functional groups attached to an aromatic ring is 1. The summed E-state index contributed by atoms with van der Waals surface area (Å²) in [6, 6.07) is 9.02. The van der Waals surface area contributed by atoms with E-state index in [0.717, 1.165) is 5.56 Å². The van der Waals surface area contributed by atoms with Crippen molar-refractivity contribution in [2.45, 2.75) is 0 Å². The minimum atomic E-state index is -0.487. The number of nitrogens with one attached hydrogen (secondary N) is 1. The Kier molecular flexibility index (Phi) is 4.06. The van der Waals surface area contributed by atoms with E-state index in [1.54, 1.807) is 12.3 Å². The van der Waals surface area contributed by atoms with Crippen molar-refractivity contribution >= 4 is 17.4 Å². The van der Waals surface area contributed by atoms with Gasteiger partial charge in [0.15, 0.2) is 11.5 Å². The number of fused-ring (bicyclic) bond motifs is 6. The van der Waals surface area contributed by atoms with Gasteiger partial charge in [0.2, 0.25) is 0 Å². The van der Waals surface area contributed by atoms with Crippen molar-refractivity contribution in [3.05, 3.63) is 54.6 Å². The van der Waals surface area contributed by atoms with Crippen LogP contribution in [0.5, 0.6) is 11.5 Å². The summed E-state index contributed by atoms with van der Waals surface area (Å²) in [7, 11) is 0. The second kappa shape index (κ2) is 6.67. The van der Waals surface area contributed by atoms with Crippen LogP contribution in [0.4, 0.5) is 11.5 Å². The van der Waals surface area contributed by atoms with E-state index in [2.05, 4.69) is 20.3 Å². The molecular weight excluding hydrogens is 334 g/mol. The number of carbonyl (C=O) groups excluding carboxylic acids is 1. The van der Waals surface area contributed by atoms with E-state index in [-0.39, 0.29) is 11.5 Å². The van der Waals surface area contributed by atoms with Gasteiger partial charge >= 0.3 is 0 Å². The average Bonchev–Trinajstić information content (AvgIpc) is 2.66. The van der Waals surface area contributed by atoms with Crippen LogP contribution in [-0.4, -0.2) is 34.1 Å². The summed E-state index contributed by atoms with van der Waals surface area (Å²) >= 11 is 0. The average molecular weight is 349 g/mol. The summed E-state index contributed by atoms with van der Waals surface area (Å²) < 4.78 is 11.4. The summed E-state index contributed by atoms with van der Waals surface area (Å²) in [5.41, 5.74) is 7.59. The Morgan fingerprint density at radius 2 is 2.00 bits per heavy atom. The fourth-order valence-corrected chi connectivity index (χ4v) is 2.54. The van der Waals surface area contributed by atoms with Gasteiger partial charge in [-0.05, 0) is 12.1 Å². The normalized spacial score (nSPS) is 13.5. The van der Waals surface area contributed by atoms with Crippen LogP contribution < -0.4 is 20.5 Å². The third kappa shape index (κ3) is 3.12. The molecule has 1 amide bonds. The van der Waals surface area contributed by atoms with Crippen LogP contribution in [0.1, 0.15) is 10.5 Å². The van der Waals surface area contributed by atoms with Crippen molar-refractivity contribution in [3.8, 4) is 22.8 Å². The van der Waals surface area contributed by atoms with Crippen LogP contribution in [0.25, 0.3) is 11.3 Å². The third-order valence-electron chi connectivity index (χ3n) is 3.78. The predicted molar refractivity (Wildman–Crippen MR) is 95.1 cm³/mol. The highest BCUT2D eigenvalue weighted by Gasteiger charge is 2.17. The van der Waals surface area contributed by atoms with Crippen LogP contribution in [0.2, 0.25) is 0 Å². The lowest BCUT2D eigenvalue weighted by molar-refractivity contribution is 0.102. The summed E-state index contributed by atoms with van der Waals surface area (Å²) in [6.07, 6.45) is 4.60. The van der Waals surface area contributed by atoms with Gasteiger partial charge in [0.05, 0.1) is 18.1 Å². The Balaban J connectivity index is 1.81. The fraction of sp³-hybridized carbons (Fsp3) is 0.111. The van der Waals surface area contributed by atoms with E-state index >= 15 is 0 Å². The van der Waals surface area contributed by atoms with Gasteiger partial charge in [-0.25, -0.2) is 9.97 Å². The zero-order valence-electron chi connectivity index (χ0n) is 13.7. The summed E-state index contributed by atoms with van der Waals surface area (Å²) in [5.74, 6) is 0.699. The van der Waals surface area contributed by atoms with E-state index < -0.39 is 5.91 Å². The zero-order chi connectivity index (χ0) is 17.9. The van der Waals surface area contributed by atoms with E-state index in [9.17, 15) is 4.79 Å². The van der Waals surface area contributed by atoms with E-state index in [0.29, 0.717) is 36.1 Å². The van der Waals surface area contributed by atoms with Gasteiger partial charge in [0.1, 0.15) is 30.4 Å². The van der Waals surface area contributed by atoms with Crippen molar-refractivity contribution in [2.24, 2.45) is 0 Å². The molecule has 3 aromatic rings. The SMILES string of the molecule is Nc1ncc2nc1C(=O)Nc1cnccc1OCCOc1cccc-2c1. The standard InChI is InChI=1S/C18H15N5O3/c19-17-16-18(24)23-14-9-20-5-4-15(14)26-7-6-25-12-3-1-2-11(8-12)13(22-16)10-21-17/h1-5,8-10H,6-7H2,(H2,19,21)(H,23,24). The van der Waals surface area contributed by atoms with Crippen molar-refractivity contribution in [3.63, 3.8) is 0 Å². The first kappa shape index (κ1) is 15.8. The number of anilines is 2. The molecule has 130 valence electrons. The van der Waals surface area contributed by atoms with Gasteiger partial charge in [-0.3, -0.25) is 9.78 Å². The molecule has 4 rings (SSSR count). The monoisotopic (exact) mass is 349 g/mol. The second-order valence-corrected chi connectivity index (χ2v) is 5.54. The largest absolute Gasteiger partial charge is 0.490 e. The number of amides is 1. The van der Waals surface area contributed by atoms with E-state index in [4.69, 9.17) is 15.2 Å².